The number of carbonyl (C=O) groups is 1. The minimum Gasteiger partial charge on any atom is -0.356 e. The molecule has 0 aromatic heterocycles. The summed E-state index contributed by atoms with van der Waals surface area (Å²) in [6, 6.07) is 0. The average Bonchev–Trinajstić information content (AvgIpc) is 2.17. The van der Waals surface area contributed by atoms with Crippen molar-refractivity contribution in [2.45, 2.75) is 38.5 Å². The van der Waals surface area contributed by atoms with Crippen LogP contribution in [0, 0.1) is 5.92 Å². The maximum Gasteiger partial charge on any atom is 0.221 e. The Kier molecular flexibility index (Phi) is 4.83. The molecule has 1 saturated carbocycles. The van der Waals surface area contributed by atoms with Gasteiger partial charge in [-0.05, 0) is 18.8 Å². The average molecular weight is 184 g/mol. The van der Waals surface area contributed by atoms with Crippen molar-refractivity contribution in [3.05, 3.63) is 0 Å². The quantitative estimate of drug-likeness (QED) is 0.685. The number of carbonyl (C=O) groups excluding carboxylic acids is 1. The van der Waals surface area contributed by atoms with E-state index >= 15 is 0 Å². The molecular weight excluding hydrogens is 164 g/mol. The van der Waals surface area contributed by atoms with Crippen LogP contribution in [0.25, 0.3) is 0 Å². The number of hydrogen-bond acceptors (Lipinski definition) is 2. The highest BCUT2D eigenvalue weighted by Gasteiger charge is 2.13. The highest BCUT2D eigenvalue weighted by Crippen LogP contribution is 2.22. The number of rotatable bonds is 4. The Hall–Kier alpha value is -0.570. The predicted molar refractivity (Wildman–Crippen MR) is 53.3 cm³/mol. The van der Waals surface area contributed by atoms with Crippen LogP contribution in [-0.4, -0.2) is 19.0 Å². The van der Waals surface area contributed by atoms with Crippen LogP contribution < -0.4 is 11.1 Å². The normalized spacial score (nSPS) is 18.5. The molecule has 1 amide bonds. The minimum absolute atomic E-state index is 0.105. The fourth-order valence-corrected chi connectivity index (χ4v) is 1.87. The second-order valence-corrected chi connectivity index (χ2v) is 3.85. The minimum atomic E-state index is 0.105. The largest absolute Gasteiger partial charge is 0.356 e. The molecule has 0 unspecified atom stereocenters. The molecule has 0 saturated heterocycles. The van der Waals surface area contributed by atoms with Crippen LogP contribution in [-0.2, 0) is 4.79 Å². The van der Waals surface area contributed by atoms with Crippen LogP contribution in [0.3, 0.4) is 0 Å². The van der Waals surface area contributed by atoms with E-state index in [1.807, 2.05) is 0 Å². The predicted octanol–water partition coefficient (Wildman–Crippen LogP) is 1.03. The van der Waals surface area contributed by atoms with Crippen molar-refractivity contribution in [2.24, 2.45) is 11.7 Å². The zero-order chi connectivity index (χ0) is 9.52. The fraction of sp³-hybridized carbons (Fsp3) is 0.900. The van der Waals surface area contributed by atoms with E-state index in [2.05, 4.69) is 5.32 Å². The second-order valence-electron chi connectivity index (χ2n) is 3.85. The summed E-state index contributed by atoms with van der Waals surface area (Å²) in [5, 5.41) is 2.93. The van der Waals surface area contributed by atoms with Crippen LogP contribution in [0.5, 0.6) is 0 Å². The molecule has 1 aliphatic rings. The zero-order valence-electron chi connectivity index (χ0n) is 8.22. The maximum atomic E-state index is 11.1. The lowest BCUT2D eigenvalue weighted by Crippen LogP contribution is -2.31. The molecule has 0 radical (unpaired) electrons. The van der Waals surface area contributed by atoms with E-state index in [4.69, 9.17) is 5.73 Å². The van der Waals surface area contributed by atoms with E-state index in [0.29, 0.717) is 13.0 Å². The summed E-state index contributed by atoms with van der Waals surface area (Å²) in [5.74, 6) is 0.823. The highest BCUT2D eigenvalue weighted by atomic mass is 16.1. The Bertz CT molecular complexity index is 153. The van der Waals surface area contributed by atoms with Gasteiger partial charge in [-0.25, -0.2) is 0 Å². The summed E-state index contributed by atoms with van der Waals surface area (Å²) in [6.07, 6.45) is 7.06. The SMILES string of the molecule is NCCC(=O)NCC1CCCCC1. The first-order valence-corrected chi connectivity index (χ1v) is 5.29. The van der Waals surface area contributed by atoms with E-state index in [-0.39, 0.29) is 5.91 Å². The Morgan fingerprint density at radius 2 is 2.00 bits per heavy atom. The zero-order valence-corrected chi connectivity index (χ0v) is 8.22. The Morgan fingerprint density at radius 1 is 1.31 bits per heavy atom. The lowest BCUT2D eigenvalue weighted by atomic mass is 9.89. The molecule has 3 nitrogen and oxygen atoms in total. The van der Waals surface area contributed by atoms with Gasteiger partial charge in [-0.1, -0.05) is 19.3 Å². The Morgan fingerprint density at radius 3 is 2.62 bits per heavy atom. The van der Waals surface area contributed by atoms with Gasteiger partial charge < -0.3 is 11.1 Å². The van der Waals surface area contributed by atoms with Gasteiger partial charge in [0.25, 0.3) is 0 Å². The summed E-state index contributed by atoms with van der Waals surface area (Å²) in [5.41, 5.74) is 5.28. The van der Waals surface area contributed by atoms with Crippen LogP contribution in [0.15, 0.2) is 0 Å². The summed E-state index contributed by atoms with van der Waals surface area (Å²) < 4.78 is 0. The monoisotopic (exact) mass is 184 g/mol. The first-order chi connectivity index (χ1) is 6.33. The molecule has 0 aromatic carbocycles. The van der Waals surface area contributed by atoms with Gasteiger partial charge >= 0.3 is 0 Å². The van der Waals surface area contributed by atoms with E-state index < -0.39 is 0 Å². The van der Waals surface area contributed by atoms with Crippen LogP contribution >= 0.6 is 0 Å². The third kappa shape index (κ3) is 4.27. The molecule has 0 spiro atoms. The van der Waals surface area contributed by atoms with Crippen molar-refractivity contribution in [3.63, 3.8) is 0 Å². The van der Waals surface area contributed by atoms with Crippen molar-refractivity contribution < 1.29 is 4.79 Å². The second kappa shape index (κ2) is 5.97. The van der Waals surface area contributed by atoms with Crippen molar-refractivity contribution in [1.82, 2.24) is 5.32 Å². The Labute approximate surface area is 80.1 Å². The molecule has 0 aromatic rings. The third-order valence-electron chi connectivity index (χ3n) is 2.68. The lowest BCUT2D eigenvalue weighted by molar-refractivity contribution is -0.121. The van der Waals surface area contributed by atoms with Crippen molar-refractivity contribution >= 4 is 5.91 Å². The molecule has 0 atom stereocenters. The molecule has 3 heteroatoms. The summed E-state index contributed by atoms with van der Waals surface area (Å²) >= 11 is 0. The molecule has 3 N–H and O–H groups in total. The van der Waals surface area contributed by atoms with Crippen molar-refractivity contribution in [1.29, 1.82) is 0 Å². The van der Waals surface area contributed by atoms with Crippen LogP contribution in [0.4, 0.5) is 0 Å². The van der Waals surface area contributed by atoms with E-state index in [1.54, 1.807) is 0 Å². The molecule has 1 rings (SSSR count). The molecule has 76 valence electrons. The van der Waals surface area contributed by atoms with Gasteiger partial charge in [-0.3, -0.25) is 4.79 Å². The summed E-state index contributed by atoms with van der Waals surface area (Å²) in [6.45, 7) is 1.31. The number of nitrogens with one attached hydrogen (secondary N) is 1. The number of hydrogen-bond donors (Lipinski definition) is 2. The maximum absolute atomic E-state index is 11.1. The molecule has 1 aliphatic carbocycles. The third-order valence-corrected chi connectivity index (χ3v) is 2.68. The smallest absolute Gasteiger partial charge is 0.221 e. The van der Waals surface area contributed by atoms with Gasteiger partial charge in [0.15, 0.2) is 0 Å². The Balaban J connectivity index is 2.06. The molecule has 0 aliphatic heterocycles. The van der Waals surface area contributed by atoms with Gasteiger partial charge in [-0.2, -0.15) is 0 Å². The van der Waals surface area contributed by atoms with Crippen LogP contribution in [0.2, 0.25) is 0 Å². The first kappa shape index (κ1) is 10.5. The van der Waals surface area contributed by atoms with Crippen LogP contribution in [0.1, 0.15) is 38.5 Å². The molecule has 0 bridgehead atoms. The van der Waals surface area contributed by atoms with E-state index in [9.17, 15) is 4.79 Å². The van der Waals surface area contributed by atoms with Gasteiger partial charge in [0.05, 0.1) is 0 Å². The molecule has 0 heterocycles. The summed E-state index contributed by atoms with van der Waals surface area (Å²) in [7, 11) is 0. The molecular formula is C10H20N2O. The lowest BCUT2D eigenvalue weighted by Gasteiger charge is -2.21. The standard InChI is InChI=1S/C10H20N2O/c11-7-6-10(13)12-8-9-4-2-1-3-5-9/h9H,1-8,11H2,(H,12,13). The first-order valence-electron chi connectivity index (χ1n) is 5.29. The highest BCUT2D eigenvalue weighted by molar-refractivity contribution is 5.75. The van der Waals surface area contributed by atoms with Crippen molar-refractivity contribution in [2.75, 3.05) is 13.1 Å². The van der Waals surface area contributed by atoms with E-state index in [1.165, 1.54) is 32.1 Å². The van der Waals surface area contributed by atoms with Gasteiger partial charge in [0, 0.05) is 19.5 Å². The van der Waals surface area contributed by atoms with Gasteiger partial charge in [0.1, 0.15) is 0 Å². The van der Waals surface area contributed by atoms with E-state index in [0.717, 1.165) is 12.5 Å². The topological polar surface area (TPSA) is 55.1 Å². The fourth-order valence-electron chi connectivity index (χ4n) is 1.87. The van der Waals surface area contributed by atoms with Gasteiger partial charge in [-0.15, -0.1) is 0 Å². The van der Waals surface area contributed by atoms with Gasteiger partial charge in [0.2, 0.25) is 5.91 Å². The molecule has 13 heavy (non-hydrogen) atoms. The summed E-state index contributed by atoms with van der Waals surface area (Å²) in [4.78, 5) is 11.1. The number of amides is 1. The van der Waals surface area contributed by atoms with Crippen molar-refractivity contribution in [3.8, 4) is 0 Å². The number of nitrogens with two attached hydrogens (primary N) is 1. The molecule has 1 fully saturated rings.